The molecule has 3 nitrogen and oxygen atoms in total. The van der Waals surface area contributed by atoms with Gasteiger partial charge in [-0.25, -0.2) is 22.0 Å². The van der Waals surface area contributed by atoms with Gasteiger partial charge in [0.2, 0.25) is 5.82 Å². The third kappa shape index (κ3) is 2.05. The van der Waals surface area contributed by atoms with E-state index in [0.717, 1.165) is 0 Å². The fraction of sp³-hybridized carbons (Fsp3) is 0.200. The summed E-state index contributed by atoms with van der Waals surface area (Å²) in [6.07, 6.45) is 0. The molecule has 1 unspecified atom stereocenters. The minimum absolute atomic E-state index is 0.664. The van der Waals surface area contributed by atoms with Crippen LogP contribution in [0.2, 0.25) is 0 Å². The molecular formula is C10H5F5O3. The van der Waals surface area contributed by atoms with E-state index in [1.54, 1.807) is 0 Å². The molecule has 0 heterocycles. The molecule has 0 aliphatic rings. The van der Waals surface area contributed by atoms with Crippen LogP contribution in [0.4, 0.5) is 22.0 Å². The number of carboxylic acids is 1. The maximum absolute atomic E-state index is 13.2. The summed E-state index contributed by atoms with van der Waals surface area (Å²) in [5.41, 5.74) is -1.66. The van der Waals surface area contributed by atoms with E-state index in [1.807, 2.05) is 0 Å². The second-order valence-corrected chi connectivity index (χ2v) is 3.37. The minimum Gasteiger partial charge on any atom is -0.480 e. The van der Waals surface area contributed by atoms with Crippen LogP contribution in [-0.2, 0) is 9.59 Å². The van der Waals surface area contributed by atoms with Crippen molar-refractivity contribution in [1.82, 2.24) is 0 Å². The summed E-state index contributed by atoms with van der Waals surface area (Å²) in [5, 5.41) is 8.60. The lowest BCUT2D eigenvalue weighted by Gasteiger charge is -2.12. The van der Waals surface area contributed by atoms with Gasteiger partial charge in [-0.1, -0.05) is 0 Å². The van der Waals surface area contributed by atoms with E-state index in [4.69, 9.17) is 5.11 Å². The van der Waals surface area contributed by atoms with E-state index in [0.29, 0.717) is 6.92 Å². The van der Waals surface area contributed by atoms with Crippen molar-refractivity contribution >= 4 is 11.8 Å². The molecule has 0 aliphatic carbocycles. The normalized spacial score (nSPS) is 12.3. The summed E-state index contributed by atoms with van der Waals surface area (Å²) in [6.45, 7) is 0.664. The third-order valence-corrected chi connectivity index (χ3v) is 2.19. The highest BCUT2D eigenvalue weighted by Gasteiger charge is 2.36. The molecule has 1 N–H and O–H groups in total. The van der Waals surface area contributed by atoms with Crippen LogP contribution in [0.1, 0.15) is 18.4 Å². The molecular weight excluding hydrogens is 263 g/mol. The summed E-state index contributed by atoms with van der Waals surface area (Å²) in [4.78, 5) is 21.6. The van der Waals surface area contributed by atoms with Crippen molar-refractivity contribution in [2.75, 3.05) is 0 Å². The molecule has 18 heavy (non-hydrogen) atoms. The Bertz CT molecular complexity index is 498. The van der Waals surface area contributed by atoms with Crippen LogP contribution in [0.3, 0.4) is 0 Å². The van der Waals surface area contributed by atoms with E-state index in [-0.39, 0.29) is 0 Å². The van der Waals surface area contributed by atoms with Gasteiger partial charge >= 0.3 is 5.97 Å². The standard InChI is InChI=1S/C10H5F5O3/c1-2(16)3(10(17)18)4-5(11)7(13)9(15)8(14)6(4)12/h3H,1H3,(H,17,18). The molecule has 98 valence electrons. The molecule has 0 bridgehead atoms. The van der Waals surface area contributed by atoms with Crippen molar-refractivity contribution in [2.45, 2.75) is 12.8 Å². The molecule has 1 aromatic rings. The number of aliphatic carboxylic acids is 1. The van der Waals surface area contributed by atoms with Crippen molar-refractivity contribution in [1.29, 1.82) is 0 Å². The zero-order valence-corrected chi connectivity index (χ0v) is 8.73. The Morgan fingerprint density at radius 3 is 1.50 bits per heavy atom. The molecule has 0 amide bonds. The summed E-state index contributed by atoms with van der Waals surface area (Å²) < 4.78 is 64.8. The maximum Gasteiger partial charge on any atom is 0.318 e. The Morgan fingerprint density at radius 2 is 1.22 bits per heavy atom. The highest BCUT2D eigenvalue weighted by atomic mass is 19.2. The van der Waals surface area contributed by atoms with Crippen LogP contribution in [0.5, 0.6) is 0 Å². The average molecular weight is 268 g/mol. The van der Waals surface area contributed by atoms with Crippen LogP contribution < -0.4 is 0 Å². The van der Waals surface area contributed by atoms with E-state index >= 15 is 0 Å². The Labute approximate surface area is 96.8 Å². The fourth-order valence-corrected chi connectivity index (χ4v) is 1.38. The lowest BCUT2D eigenvalue weighted by Crippen LogP contribution is -2.23. The third-order valence-electron chi connectivity index (χ3n) is 2.19. The molecule has 0 aliphatic heterocycles. The first-order chi connectivity index (χ1) is 8.20. The first-order valence-corrected chi connectivity index (χ1v) is 4.44. The van der Waals surface area contributed by atoms with Crippen LogP contribution in [-0.4, -0.2) is 16.9 Å². The van der Waals surface area contributed by atoms with Gasteiger partial charge in [0.1, 0.15) is 11.7 Å². The number of Topliss-reactive ketones (excluding diaryl/α,β-unsaturated/α-hetero) is 1. The zero-order chi connectivity index (χ0) is 14.2. The van der Waals surface area contributed by atoms with Gasteiger partial charge in [0, 0.05) is 0 Å². The molecule has 8 heteroatoms. The maximum atomic E-state index is 13.2. The van der Waals surface area contributed by atoms with Gasteiger partial charge in [-0.2, -0.15) is 0 Å². The number of hydrogen-bond donors (Lipinski definition) is 1. The molecule has 0 radical (unpaired) electrons. The molecule has 1 aromatic carbocycles. The van der Waals surface area contributed by atoms with Crippen LogP contribution in [0.25, 0.3) is 0 Å². The van der Waals surface area contributed by atoms with Gasteiger partial charge in [-0.3, -0.25) is 9.59 Å². The fourth-order valence-electron chi connectivity index (χ4n) is 1.38. The number of carbonyl (C=O) groups is 2. The van der Waals surface area contributed by atoms with E-state index < -0.39 is 52.3 Å². The second-order valence-electron chi connectivity index (χ2n) is 3.37. The van der Waals surface area contributed by atoms with E-state index in [1.165, 1.54) is 0 Å². The largest absolute Gasteiger partial charge is 0.480 e. The highest BCUT2D eigenvalue weighted by Crippen LogP contribution is 2.29. The van der Waals surface area contributed by atoms with Crippen molar-refractivity contribution in [3.05, 3.63) is 34.6 Å². The number of benzene rings is 1. The molecule has 0 spiro atoms. The first-order valence-electron chi connectivity index (χ1n) is 4.44. The van der Waals surface area contributed by atoms with Gasteiger partial charge in [0.25, 0.3) is 0 Å². The first kappa shape index (κ1) is 14.1. The molecule has 0 aromatic heterocycles. The number of carboxylic acid groups (broad SMARTS) is 1. The Morgan fingerprint density at radius 1 is 0.889 bits per heavy atom. The number of ketones is 1. The Kier molecular flexibility index (Phi) is 3.68. The van der Waals surface area contributed by atoms with Crippen molar-refractivity contribution in [3.63, 3.8) is 0 Å². The van der Waals surface area contributed by atoms with Gasteiger partial charge in [-0.15, -0.1) is 0 Å². The number of carbonyl (C=O) groups excluding carboxylic acids is 1. The van der Waals surface area contributed by atoms with Gasteiger partial charge in [0.05, 0.1) is 5.56 Å². The SMILES string of the molecule is CC(=O)C(C(=O)O)c1c(F)c(F)c(F)c(F)c1F. The Hall–Kier alpha value is -1.99. The monoisotopic (exact) mass is 268 g/mol. The second kappa shape index (κ2) is 4.71. The molecule has 1 atom stereocenters. The lowest BCUT2D eigenvalue weighted by atomic mass is 9.94. The van der Waals surface area contributed by atoms with Gasteiger partial charge < -0.3 is 5.11 Å². The van der Waals surface area contributed by atoms with Crippen molar-refractivity contribution < 1.29 is 36.6 Å². The van der Waals surface area contributed by atoms with Crippen LogP contribution >= 0.6 is 0 Å². The predicted molar refractivity (Wildman–Crippen MR) is 47.3 cm³/mol. The lowest BCUT2D eigenvalue weighted by molar-refractivity contribution is -0.142. The topological polar surface area (TPSA) is 54.4 Å². The summed E-state index contributed by atoms with van der Waals surface area (Å²) >= 11 is 0. The highest BCUT2D eigenvalue weighted by molar-refractivity contribution is 6.02. The number of rotatable bonds is 3. The number of halogens is 5. The zero-order valence-electron chi connectivity index (χ0n) is 8.73. The quantitative estimate of drug-likeness (QED) is 0.395. The molecule has 1 rings (SSSR count). The molecule has 0 saturated carbocycles. The smallest absolute Gasteiger partial charge is 0.318 e. The summed E-state index contributed by atoms with van der Waals surface area (Å²) in [7, 11) is 0. The van der Waals surface area contributed by atoms with Crippen LogP contribution in [0.15, 0.2) is 0 Å². The molecule has 0 saturated heterocycles. The summed E-state index contributed by atoms with van der Waals surface area (Å²) in [6, 6.07) is 0. The number of hydrogen-bond acceptors (Lipinski definition) is 2. The van der Waals surface area contributed by atoms with Crippen molar-refractivity contribution in [3.8, 4) is 0 Å². The van der Waals surface area contributed by atoms with Gasteiger partial charge in [0.15, 0.2) is 23.3 Å². The summed E-state index contributed by atoms with van der Waals surface area (Å²) in [5.74, 6) is -17.4. The Balaban J connectivity index is 3.69. The van der Waals surface area contributed by atoms with Gasteiger partial charge in [-0.05, 0) is 6.92 Å². The average Bonchev–Trinajstić information content (AvgIpc) is 2.28. The van der Waals surface area contributed by atoms with E-state index in [9.17, 15) is 31.5 Å². The van der Waals surface area contributed by atoms with Crippen LogP contribution in [0, 0.1) is 29.1 Å². The van der Waals surface area contributed by atoms with E-state index in [2.05, 4.69) is 0 Å². The minimum atomic E-state index is -2.45. The predicted octanol–water partition coefficient (Wildman–Crippen LogP) is 2.14. The van der Waals surface area contributed by atoms with Crippen molar-refractivity contribution in [2.24, 2.45) is 0 Å². The molecule has 0 fully saturated rings.